The van der Waals surface area contributed by atoms with E-state index >= 15 is 0 Å². The highest BCUT2D eigenvalue weighted by Gasteiger charge is 2.36. The molecule has 0 heterocycles. The van der Waals surface area contributed by atoms with Gasteiger partial charge in [0.2, 0.25) is 0 Å². The van der Waals surface area contributed by atoms with Crippen LogP contribution in [0.15, 0.2) is 72.8 Å². The first-order chi connectivity index (χ1) is 21.2. The van der Waals surface area contributed by atoms with Crippen molar-refractivity contribution in [3.8, 4) is 33.4 Å². The summed E-state index contributed by atoms with van der Waals surface area (Å²) in [6.45, 7) is 23.1. The molecular formula is C40H50B2O4. The van der Waals surface area contributed by atoms with Crippen molar-refractivity contribution >= 4 is 25.9 Å². The maximum atomic E-state index is 10.4. The van der Waals surface area contributed by atoms with Crippen LogP contribution in [0.5, 0.6) is 0 Å². The Morgan fingerprint density at radius 2 is 0.674 bits per heavy atom. The van der Waals surface area contributed by atoms with Gasteiger partial charge in [-0.05, 0) is 139 Å². The summed E-state index contributed by atoms with van der Waals surface area (Å²) >= 11 is 0. The second-order valence-electron chi connectivity index (χ2n) is 14.8. The second-order valence-corrected chi connectivity index (χ2v) is 14.8. The summed E-state index contributed by atoms with van der Waals surface area (Å²) in [6.07, 6.45) is 0. The molecule has 46 heavy (non-hydrogen) atoms. The van der Waals surface area contributed by atoms with E-state index in [4.69, 9.17) is 9.31 Å². The molecule has 0 atom stereocenters. The third-order valence-corrected chi connectivity index (χ3v) is 9.72. The monoisotopic (exact) mass is 616 g/mol. The van der Waals surface area contributed by atoms with Crippen LogP contribution in [0.2, 0.25) is 0 Å². The number of hydrogen-bond acceptors (Lipinski definition) is 4. The van der Waals surface area contributed by atoms with Crippen molar-refractivity contribution in [3.63, 3.8) is 0 Å². The van der Waals surface area contributed by atoms with Gasteiger partial charge < -0.3 is 19.5 Å². The molecule has 0 aliphatic rings. The third-order valence-electron chi connectivity index (χ3n) is 9.72. The zero-order valence-corrected chi connectivity index (χ0v) is 29.8. The van der Waals surface area contributed by atoms with E-state index in [0.717, 1.165) is 10.9 Å². The lowest BCUT2D eigenvalue weighted by atomic mass is 9.79. The Bertz CT molecular complexity index is 1500. The quantitative estimate of drug-likeness (QED) is 0.171. The summed E-state index contributed by atoms with van der Waals surface area (Å²) < 4.78 is 12.0. The second kappa shape index (κ2) is 13.2. The molecular weight excluding hydrogens is 566 g/mol. The van der Waals surface area contributed by atoms with E-state index in [9.17, 15) is 10.2 Å². The number of rotatable bonds is 11. The summed E-state index contributed by atoms with van der Waals surface area (Å²) in [6, 6.07) is 26.1. The minimum atomic E-state index is -0.967. The summed E-state index contributed by atoms with van der Waals surface area (Å²) in [7, 11) is 3.50. The van der Waals surface area contributed by atoms with Crippen molar-refractivity contribution in [2.24, 2.45) is 0 Å². The summed E-state index contributed by atoms with van der Waals surface area (Å²) in [5.41, 5.74) is 10.4. The van der Waals surface area contributed by atoms with Gasteiger partial charge in [0.1, 0.15) is 0 Å². The average molecular weight is 616 g/mol. The fourth-order valence-corrected chi connectivity index (χ4v) is 5.42. The van der Waals surface area contributed by atoms with Gasteiger partial charge in [-0.25, -0.2) is 0 Å². The molecule has 0 saturated carbocycles. The van der Waals surface area contributed by atoms with Gasteiger partial charge in [0.05, 0.1) is 22.4 Å². The van der Waals surface area contributed by atoms with Crippen molar-refractivity contribution in [2.45, 2.75) is 105 Å². The molecule has 0 aliphatic heterocycles. The van der Waals surface area contributed by atoms with E-state index in [1.54, 1.807) is 42.7 Å². The van der Waals surface area contributed by atoms with Crippen molar-refractivity contribution < 1.29 is 19.5 Å². The fourth-order valence-electron chi connectivity index (χ4n) is 5.42. The molecule has 0 aliphatic carbocycles. The van der Waals surface area contributed by atoms with Crippen LogP contribution in [0.1, 0.15) is 77.6 Å². The van der Waals surface area contributed by atoms with Crippen LogP contribution in [0, 0.1) is 27.7 Å². The topological polar surface area (TPSA) is 58.9 Å². The van der Waals surface area contributed by atoms with Gasteiger partial charge in [-0.2, -0.15) is 0 Å². The van der Waals surface area contributed by atoms with E-state index in [-0.39, 0.29) is 0 Å². The van der Waals surface area contributed by atoms with E-state index < -0.39 is 22.4 Å². The molecule has 4 rings (SSSR count). The lowest BCUT2D eigenvalue weighted by molar-refractivity contribution is -0.0893. The van der Waals surface area contributed by atoms with Crippen LogP contribution in [0.4, 0.5) is 0 Å². The predicted molar refractivity (Wildman–Crippen MR) is 195 cm³/mol. The van der Waals surface area contributed by atoms with Crippen LogP contribution < -0.4 is 10.9 Å². The maximum absolute atomic E-state index is 10.4. The number of aliphatic hydroxyl groups is 2. The molecule has 0 spiro atoms. The average Bonchev–Trinajstić information content (AvgIpc) is 2.94. The Balaban J connectivity index is 1.49. The highest BCUT2D eigenvalue weighted by molar-refractivity contribution is 6.47. The van der Waals surface area contributed by atoms with Gasteiger partial charge in [0, 0.05) is 0 Å². The molecule has 4 aromatic carbocycles. The Hall–Kier alpha value is -3.15. The first-order valence-corrected chi connectivity index (χ1v) is 16.1. The van der Waals surface area contributed by atoms with E-state index in [2.05, 4.69) is 100 Å². The molecule has 2 radical (unpaired) electrons. The zero-order valence-electron chi connectivity index (χ0n) is 29.8. The largest absolute Gasteiger partial charge is 0.427 e. The van der Waals surface area contributed by atoms with Gasteiger partial charge in [-0.1, -0.05) is 83.7 Å². The van der Waals surface area contributed by atoms with E-state index in [0.29, 0.717) is 0 Å². The maximum Gasteiger partial charge on any atom is 0.330 e. The lowest BCUT2D eigenvalue weighted by Crippen LogP contribution is -2.49. The zero-order chi connectivity index (χ0) is 34.2. The normalized spacial score (nSPS) is 12.7. The number of benzene rings is 4. The van der Waals surface area contributed by atoms with E-state index in [1.165, 1.54) is 55.6 Å². The molecule has 4 nitrogen and oxygen atoms in total. The molecule has 0 bridgehead atoms. The Morgan fingerprint density at radius 3 is 0.913 bits per heavy atom. The van der Waals surface area contributed by atoms with Gasteiger partial charge in [0.15, 0.2) is 0 Å². The minimum absolute atomic E-state index is 0.714. The summed E-state index contributed by atoms with van der Waals surface area (Å²) in [5.74, 6) is 0. The van der Waals surface area contributed by atoms with Crippen molar-refractivity contribution in [3.05, 3.63) is 95.1 Å². The Morgan fingerprint density at radius 1 is 0.435 bits per heavy atom. The Labute approximate surface area is 278 Å². The number of aryl methyl sites for hydroxylation is 4. The molecule has 0 fully saturated rings. The molecule has 6 heteroatoms. The Kier molecular flexibility index (Phi) is 10.2. The van der Waals surface area contributed by atoms with Crippen molar-refractivity contribution in [1.82, 2.24) is 0 Å². The van der Waals surface area contributed by atoms with Crippen LogP contribution >= 0.6 is 0 Å². The minimum Gasteiger partial charge on any atom is -0.427 e. The molecule has 0 unspecified atom stereocenters. The van der Waals surface area contributed by atoms with Crippen molar-refractivity contribution in [1.29, 1.82) is 0 Å². The highest BCUT2D eigenvalue weighted by Crippen LogP contribution is 2.32. The highest BCUT2D eigenvalue weighted by atomic mass is 16.5. The SMILES string of the molecule is Cc1cc([B]OC(C)(C)C(C)(C)O)cc(C)c1-c1ccc(-c2ccc(-c3c(C)cc([B]OC(C)(C)C(C)(C)O)cc3C)cc2)cc1. The predicted octanol–water partition coefficient (Wildman–Crippen LogP) is 7.54. The molecule has 0 amide bonds. The van der Waals surface area contributed by atoms with Crippen LogP contribution in [0.25, 0.3) is 33.4 Å². The fraction of sp³-hybridized carbons (Fsp3) is 0.400. The first kappa shape index (κ1) is 35.7. The summed E-state index contributed by atoms with van der Waals surface area (Å²) in [5, 5.41) is 20.9. The van der Waals surface area contributed by atoms with Crippen LogP contribution in [0.3, 0.4) is 0 Å². The smallest absolute Gasteiger partial charge is 0.330 e. The molecule has 4 aromatic rings. The van der Waals surface area contributed by atoms with Crippen molar-refractivity contribution in [2.75, 3.05) is 0 Å². The van der Waals surface area contributed by atoms with Crippen LogP contribution in [-0.2, 0) is 9.31 Å². The molecule has 240 valence electrons. The van der Waals surface area contributed by atoms with E-state index in [1.807, 2.05) is 27.7 Å². The van der Waals surface area contributed by atoms with Gasteiger partial charge in [-0.3, -0.25) is 0 Å². The summed E-state index contributed by atoms with van der Waals surface area (Å²) in [4.78, 5) is 0. The standard InChI is InChI=1S/C40H50B2O4/c1-25-21-33(41-45-39(9,10)37(5,6)43)22-26(2)35(25)31-17-13-29(14-18-31)30-15-19-32(20-16-30)36-27(3)23-34(24-28(36)4)42-46-40(11,12)38(7,8)44/h13-24,43-44H,1-12H3. The molecule has 0 saturated heterocycles. The first-order valence-electron chi connectivity index (χ1n) is 16.1. The van der Waals surface area contributed by atoms with Gasteiger partial charge in [-0.15, -0.1) is 0 Å². The molecule has 2 N–H and O–H groups in total. The molecule has 0 aromatic heterocycles. The van der Waals surface area contributed by atoms with Gasteiger partial charge >= 0.3 is 15.0 Å². The van der Waals surface area contributed by atoms with Crippen LogP contribution in [-0.4, -0.2) is 47.6 Å². The third kappa shape index (κ3) is 7.86. The van der Waals surface area contributed by atoms with Gasteiger partial charge in [0.25, 0.3) is 0 Å². The lowest BCUT2D eigenvalue weighted by Gasteiger charge is -2.37. The number of hydrogen-bond donors (Lipinski definition) is 2.